The average Bonchev–Trinajstić information content (AvgIpc) is 2.76. The van der Waals surface area contributed by atoms with Gasteiger partial charge >= 0.3 is 6.09 Å². The third-order valence-electron chi connectivity index (χ3n) is 5.83. The molecule has 1 N–H and O–H groups in total. The van der Waals surface area contributed by atoms with E-state index in [1.807, 2.05) is 24.3 Å². The van der Waals surface area contributed by atoms with Crippen molar-refractivity contribution in [2.45, 2.75) is 39.2 Å². The van der Waals surface area contributed by atoms with Crippen LogP contribution in [-0.4, -0.2) is 47.4 Å². The van der Waals surface area contributed by atoms with Crippen LogP contribution in [0.4, 0.5) is 4.79 Å². The zero-order valence-electron chi connectivity index (χ0n) is 18.4. The molecule has 3 rings (SSSR count). The number of carboxylic acid groups (broad SMARTS) is 1. The number of ether oxygens (including phenoxy) is 2. The highest BCUT2D eigenvalue weighted by Gasteiger charge is 2.43. The lowest BCUT2D eigenvalue weighted by atomic mass is 9.70. The second-order valence-corrected chi connectivity index (χ2v) is 8.96. The Morgan fingerprint density at radius 3 is 2.58 bits per heavy atom. The Kier molecular flexibility index (Phi) is 6.69. The van der Waals surface area contributed by atoms with Crippen molar-refractivity contribution in [3.05, 3.63) is 53.7 Å². The van der Waals surface area contributed by atoms with Gasteiger partial charge < -0.3 is 19.5 Å². The van der Waals surface area contributed by atoms with Gasteiger partial charge in [-0.05, 0) is 41.5 Å². The summed E-state index contributed by atoms with van der Waals surface area (Å²) in [6, 6.07) is 13.3. The van der Waals surface area contributed by atoms with Gasteiger partial charge in [0.05, 0.1) is 18.7 Å². The first-order valence-electron chi connectivity index (χ1n) is 10.4. The maximum Gasteiger partial charge on any atom is 0.407 e. The van der Waals surface area contributed by atoms with Crippen LogP contribution in [0.3, 0.4) is 0 Å². The number of methoxy groups -OCH3 is 1. The van der Waals surface area contributed by atoms with Gasteiger partial charge in [-0.25, -0.2) is 9.78 Å². The van der Waals surface area contributed by atoms with E-state index in [0.29, 0.717) is 31.0 Å². The Hall–Kier alpha value is -3.27. The highest BCUT2D eigenvalue weighted by Crippen LogP contribution is 2.42. The Labute approximate surface area is 183 Å². The quantitative estimate of drug-likeness (QED) is 0.759. The summed E-state index contributed by atoms with van der Waals surface area (Å²) in [4.78, 5) is 17.5. The number of amides is 1. The molecule has 1 fully saturated rings. The van der Waals surface area contributed by atoms with Crippen molar-refractivity contribution in [1.82, 2.24) is 9.88 Å². The lowest BCUT2D eigenvalue weighted by molar-refractivity contribution is -0.0101. The van der Waals surface area contributed by atoms with Crippen LogP contribution < -0.4 is 9.47 Å². The molecule has 0 aliphatic carbocycles. The highest BCUT2D eigenvalue weighted by atomic mass is 16.5. The molecule has 1 amide bonds. The molecule has 31 heavy (non-hydrogen) atoms. The topological polar surface area (TPSA) is 95.7 Å². The number of piperidine rings is 1. The van der Waals surface area contributed by atoms with Crippen molar-refractivity contribution in [2.75, 3.05) is 20.2 Å². The molecule has 0 bridgehead atoms. The van der Waals surface area contributed by atoms with Gasteiger partial charge in [-0.2, -0.15) is 5.26 Å². The van der Waals surface area contributed by atoms with Gasteiger partial charge in [-0.15, -0.1) is 0 Å². The first kappa shape index (κ1) is 22.4. The molecule has 1 saturated heterocycles. The SMILES string of the molecule is COc1ccc(C2CCN(C(=O)O)CC2C(Oc2cc(C#N)ccn2)C(C)(C)C)cc1. The van der Waals surface area contributed by atoms with Crippen molar-refractivity contribution in [3.63, 3.8) is 0 Å². The summed E-state index contributed by atoms with van der Waals surface area (Å²) in [5.41, 5.74) is 1.31. The smallest absolute Gasteiger partial charge is 0.407 e. The molecule has 1 aromatic carbocycles. The average molecular weight is 424 g/mol. The van der Waals surface area contributed by atoms with E-state index >= 15 is 0 Å². The summed E-state index contributed by atoms with van der Waals surface area (Å²) in [5.74, 6) is 1.18. The predicted molar refractivity (Wildman–Crippen MR) is 116 cm³/mol. The van der Waals surface area contributed by atoms with Crippen LogP contribution >= 0.6 is 0 Å². The number of rotatable bonds is 5. The van der Waals surface area contributed by atoms with E-state index < -0.39 is 6.09 Å². The summed E-state index contributed by atoms with van der Waals surface area (Å²) >= 11 is 0. The van der Waals surface area contributed by atoms with Crippen molar-refractivity contribution < 1.29 is 19.4 Å². The first-order chi connectivity index (χ1) is 14.7. The molecule has 2 heterocycles. The number of nitriles is 1. The second-order valence-electron chi connectivity index (χ2n) is 8.96. The minimum Gasteiger partial charge on any atom is -0.497 e. The number of carbonyl (C=O) groups is 1. The zero-order valence-corrected chi connectivity index (χ0v) is 18.4. The molecule has 0 saturated carbocycles. The Balaban J connectivity index is 1.98. The molecule has 164 valence electrons. The second kappa shape index (κ2) is 9.25. The van der Waals surface area contributed by atoms with E-state index in [4.69, 9.17) is 9.47 Å². The third kappa shape index (κ3) is 5.26. The fourth-order valence-electron chi connectivity index (χ4n) is 4.31. The van der Waals surface area contributed by atoms with Crippen LogP contribution in [0, 0.1) is 22.7 Å². The molecule has 1 aliphatic rings. The largest absolute Gasteiger partial charge is 0.497 e. The lowest BCUT2D eigenvalue weighted by Gasteiger charge is -2.45. The fourth-order valence-corrected chi connectivity index (χ4v) is 4.31. The monoisotopic (exact) mass is 423 g/mol. The molecule has 3 atom stereocenters. The van der Waals surface area contributed by atoms with Gasteiger partial charge in [0.2, 0.25) is 5.88 Å². The van der Waals surface area contributed by atoms with Crippen molar-refractivity contribution >= 4 is 6.09 Å². The van der Waals surface area contributed by atoms with Crippen molar-refractivity contribution in [2.24, 2.45) is 11.3 Å². The van der Waals surface area contributed by atoms with Crippen LogP contribution in [0.15, 0.2) is 42.6 Å². The van der Waals surface area contributed by atoms with Gasteiger partial charge in [-0.1, -0.05) is 32.9 Å². The van der Waals surface area contributed by atoms with Crippen LogP contribution in [0.5, 0.6) is 11.6 Å². The molecule has 7 nitrogen and oxygen atoms in total. The maximum absolute atomic E-state index is 11.8. The Morgan fingerprint density at radius 2 is 2.00 bits per heavy atom. The number of aromatic nitrogens is 1. The lowest BCUT2D eigenvalue weighted by Crippen LogP contribution is -2.51. The maximum atomic E-state index is 11.8. The Bertz CT molecular complexity index is 947. The van der Waals surface area contributed by atoms with Crippen LogP contribution in [-0.2, 0) is 0 Å². The summed E-state index contributed by atoms with van der Waals surface area (Å²) in [6.07, 6.45) is 1.02. The van der Waals surface area contributed by atoms with E-state index in [9.17, 15) is 15.2 Å². The van der Waals surface area contributed by atoms with Gasteiger partial charge in [-0.3, -0.25) is 0 Å². The van der Waals surface area contributed by atoms with Crippen LogP contribution in [0.2, 0.25) is 0 Å². The van der Waals surface area contributed by atoms with E-state index in [2.05, 4.69) is 31.8 Å². The highest BCUT2D eigenvalue weighted by molar-refractivity contribution is 5.65. The van der Waals surface area contributed by atoms with Crippen molar-refractivity contribution in [3.8, 4) is 17.7 Å². The molecule has 7 heteroatoms. The summed E-state index contributed by atoms with van der Waals surface area (Å²) < 4.78 is 11.7. The summed E-state index contributed by atoms with van der Waals surface area (Å²) in [6.45, 7) is 7.08. The van der Waals surface area contributed by atoms with Crippen molar-refractivity contribution in [1.29, 1.82) is 5.26 Å². The van der Waals surface area contributed by atoms with E-state index in [-0.39, 0.29) is 23.4 Å². The first-order valence-corrected chi connectivity index (χ1v) is 10.4. The molecule has 2 aromatic rings. The summed E-state index contributed by atoms with van der Waals surface area (Å²) in [5, 5.41) is 18.9. The molecular formula is C24H29N3O4. The van der Waals surface area contributed by atoms with Gasteiger partial charge in [0.25, 0.3) is 0 Å². The minimum atomic E-state index is -0.921. The van der Waals surface area contributed by atoms with E-state index in [0.717, 1.165) is 11.3 Å². The van der Waals surface area contributed by atoms with E-state index in [1.165, 1.54) is 4.90 Å². The summed E-state index contributed by atoms with van der Waals surface area (Å²) in [7, 11) is 1.63. The number of benzene rings is 1. The molecular weight excluding hydrogens is 394 g/mol. The molecule has 0 radical (unpaired) electrons. The third-order valence-corrected chi connectivity index (χ3v) is 5.83. The molecule has 3 unspecified atom stereocenters. The standard InChI is InChI=1S/C24H29N3O4/c1-24(2,3)22(31-21-13-16(14-25)9-11-26-21)20-15-27(23(28)29)12-10-19(20)17-5-7-18(30-4)8-6-17/h5-9,11,13,19-20,22H,10,12,15H2,1-4H3,(H,28,29). The molecule has 1 aliphatic heterocycles. The number of pyridine rings is 1. The molecule has 0 spiro atoms. The minimum absolute atomic E-state index is 0.0919. The van der Waals surface area contributed by atoms with Crippen LogP contribution in [0.1, 0.15) is 44.2 Å². The Morgan fingerprint density at radius 1 is 1.29 bits per heavy atom. The normalized spacial score (nSPS) is 19.9. The van der Waals surface area contributed by atoms with E-state index in [1.54, 1.807) is 25.4 Å². The fraction of sp³-hybridized carbons (Fsp3) is 0.458. The zero-order chi connectivity index (χ0) is 22.6. The number of hydrogen-bond acceptors (Lipinski definition) is 5. The van der Waals surface area contributed by atoms with Gasteiger partial charge in [0, 0.05) is 31.3 Å². The van der Waals surface area contributed by atoms with Crippen LogP contribution in [0.25, 0.3) is 0 Å². The van der Waals surface area contributed by atoms with Gasteiger partial charge in [0.1, 0.15) is 11.9 Å². The predicted octanol–water partition coefficient (Wildman–Crippen LogP) is 4.54. The number of nitrogens with zero attached hydrogens (tertiary/aromatic N) is 3. The number of hydrogen-bond donors (Lipinski definition) is 1. The number of likely N-dealkylation sites (tertiary alicyclic amines) is 1. The van der Waals surface area contributed by atoms with Gasteiger partial charge in [0.15, 0.2) is 0 Å². The molecule has 1 aromatic heterocycles.